The van der Waals surface area contributed by atoms with Crippen LogP contribution >= 0.6 is 0 Å². The number of nitrogens with two attached hydrogens (primary N) is 1. The van der Waals surface area contributed by atoms with Crippen molar-refractivity contribution in [2.45, 2.75) is 32.4 Å². The summed E-state index contributed by atoms with van der Waals surface area (Å²) in [6.45, 7) is 4.10. The van der Waals surface area contributed by atoms with Crippen molar-refractivity contribution >= 4 is 17.1 Å². The third kappa shape index (κ3) is 4.46. The highest BCUT2D eigenvalue weighted by Crippen LogP contribution is 2.28. The van der Waals surface area contributed by atoms with Gasteiger partial charge in [-0.15, -0.1) is 0 Å². The highest BCUT2D eigenvalue weighted by Gasteiger charge is 2.26. The summed E-state index contributed by atoms with van der Waals surface area (Å²) in [4.78, 5) is 25.3. The molecule has 2 N–H and O–H groups in total. The number of rotatable bonds is 6. The first-order chi connectivity index (χ1) is 16.9. The maximum absolute atomic E-state index is 13.6. The van der Waals surface area contributed by atoms with Gasteiger partial charge in [0.1, 0.15) is 11.5 Å². The zero-order chi connectivity index (χ0) is 24.5. The molecule has 1 aliphatic heterocycles. The molecular weight excluding hydrogens is 444 g/mol. The number of nitrogens with zero attached hydrogens (tertiary/aromatic N) is 5. The van der Waals surface area contributed by atoms with Crippen LogP contribution in [0.3, 0.4) is 0 Å². The second-order valence-corrected chi connectivity index (χ2v) is 8.98. The van der Waals surface area contributed by atoms with E-state index in [9.17, 15) is 4.79 Å². The molecule has 0 saturated carbocycles. The number of piperidine rings is 1. The molecule has 2 aromatic carbocycles. The van der Waals surface area contributed by atoms with Gasteiger partial charge < -0.3 is 20.1 Å². The predicted octanol–water partition coefficient (Wildman–Crippen LogP) is 3.22. The van der Waals surface area contributed by atoms with E-state index in [0.717, 1.165) is 30.5 Å². The summed E-state index contributed by atoms with van der Waals surface area (Å²) < 4.78 is 14.6. The second-order valence-electron chi connectivity index (χ2n) is 8.98. The molecule has 0 spiro atoms. The summed E-state index contributed by atoms with van der Waals surface area (Å²) in [6, 6.07) is 15.6. The first-order valence-corrected chi connectivity index (χ1v) is 11.8. The predicted molar refractivity (Wildman–Crippen MR) is 136 cm³/mol. The Morgan fingerprint density at radius 3 is 2.69 bits per heavy atom. The van der Waals surface area contributed by atoms with Gasteiger partial charge in [0, 0.05) is 32.2 Å². The number of benzene rings is 2. The smallest absolute Gasteiger partial charge is 0.306 e. The number of fused-ring (bicyclic) bond motifs is 1. The monoisotopic (exact) mass is 474 g/mol. The molecule has 5 rings (SSSR count). The van der Waals surface area contributed by atoms with Crippen LogP contribution < -0.4 is 25.7 Å². The topological polar surface area (TPSA) is 100 Å². The number of hydrogen-bond donors (Lipinski definition) is 1. The quantitative estimate of drug-likeness (QED) is 0.458. The van der Waals surface area contributed by atoms with Crippen LogP contribution in [-0.4, -0.2) is 45.3 Å². The molecule has 9 heteroatoms. The average molecular weight is 475 g/mol. The third-order valence-corrected chi connectivity index (χ3v) is 6.51. The molecule has 4 aromatic rings. The molecule has 1 saturated heterocycles. The van der Waals surface area contributed by atoms with Crippen molar-refractivity contribution in [3.8, 4) is 17.5 Å². The summed E-state index contributed by atoms with van der Waals surface area (Å²) in [7, 11) is 3.25. The minimum atomic E-state index is -0.221. The SMILES string of the molecule is COc1cccc(Oc2nc3nc(N4CCC[C@@H](N)C4)n(Cc4ccccc4C)c3c(=O)n2C)c1. The Bertz CT molecular complexity index is 1430. The van der Waals surface area contributed by atoms with Crippen LogP contribution in [0.5, 0.6) is 17.5 Å². The highest BCUT2D eigenvalue weighted by molar-refractivity contribution is 5.75. The molecule has 182 valence electrons. The normalized spacial score (nSPS) is 16.0. The zero-order valence-corrected chi connectivity index (χ0v) is 20.3. The van der Waals surface area contributed by atoms with Crippen LogP contribution in [0.4, 0.5) is 5.95 Å². The molecular formula is C26H30N6O3. The zero-order valence-electron chi connectivity index (χ0n) is 20.3. The maximum Gasteiger partial charge on any atom is 0.306 e. The number of aryl methyl sites for hydroxylation is 1. The summed E-state index contributed by atoms with van der Waals surface area (Å²) in [5.41, 5.74) is 9.13. The highest BCUT2D eigenvalue weighted by atomic mass is 16.5. The van der Waals surface area contributed by atoms with Gasteiger partial charge in [0.2, 0.25) is 5.95 Å². The maximum atomic E-state index is 13.6. The van der Waals surface area contributed by atoms with Crippen LogP contribution in [0, 0.1) is 6.92 Å². The van der Waals surface area contributed by atoms with E-state index >= 15 is 0 Å². The molecule has 0 unspecified atom stereocenters. The Labute approximate surface area is 203 Å². The van der Waals surface area contributed by atoms with E-state index in [1.807, 2.05) is 28.8 Å². The molecule has 0 aliphatic carbocycles. The summed E-state index contributed by atoms with van der Waals surface area (Å²) >= 11 is 0. The van der Waals surface area contributed by atoms with E-state index in [4.69, 9.17) is 20.2 Å². The number of ether oxygens (including phenoxy) is 2. The lowest BCUT2D eigenvalue weighted by Crippen LogP contribution is -2.44. The molecule has 1 atom stereocenters. The average Bonchev–Trinajstić information content (AvgIpc) is 3.22. The molecule has 0 bridgehead atoms. The van der Waals surface area contributed by atoms with Crippen molar-refractivity contribution in [2.24, 2.45) is 12.8 Å². The molecule has 3 heterocycles. The van der Waals surface area contributed by atoms with E-state index in [-0.39, 0.29) is 17.6 Å². The van der Waals surface area contributed by atoms with E-state index in [1.54, 1.807) is 26.3 Å². The van der Waals surface area contributed by atoms with E-state index in [1.165, 1.54) is 4.57 Å². The fraction of sp³-hybridized carbons (Fsp3) is 0.346. The fourth-order valence-electron chi connectivity index (χ4n) is 4.53. The van der Waals surface area contributed by atoms with Gasteiger partial charge in [-0.2, -0.15) is 9.97 Å². The minimum absolute atomic E-state index is 0.0678. The van der Waals surface area contributed by atoms with Crippen molar-refractivity contribution in [1.29, 1.82) is 0 Å². The van der Waals surface area contributed by atoms with Crippen LogP contribution in [0.25, 0.3) is 11.2 Å². The van der Waals surface area contributed by atoms with E-state index in [2.05, 4.69) is 28.9 Å². The molecule has 0 amide bonds. The van der Waals surface area contributed by atoms with Gasteiger partial charge in [0.05, 0.1) is 13.7 Å². The van der Waals surface area contributed by atoms with Gasteiger partial charge in [-0.05, 0) is 43.0 Å². The van der Waals surface area contributed by atoms with Crippen molar-refractivity contribution in [1.82, 2.24) is 19.1 Å². The third-order valence-electron chi connectivity index (χ3n) is 6.51. The summed E-state index contributed by atoms with van der Waals surface area (Å²) in [6.07, 6.45) is 1.96. The summed E-state index contributed by atoms with van der Waals surface area (Å²) in [5, 5.41) is 0. The lowest BCUT2D eigenvalue weighted by molar-refractivity contribution is 0.396. The van der Waals surface area contributed by atoms with Crippen molar-refractivity contribution in [3.05, 3.63) is 70.0 Å². The largest absolute Gasteiger partial charge is 0.497 e. The minimum Gasteiger partial charge on any atom is -0.497 e. The Balaban J connectivity index is 1.64. The molecule has 9 nitrogen and oxygen atoms in total. The first kappa shape index (κ1) is 22.9. The van der Waals surface area contributed by atoms with Gasteiger partial charge in [-0.1, -0.05) is 30.3 Å². The molecule has 0 radical (unpaired) electrons. The standard InChI is InChI=1S/C26H30N6O3/c1-17-8-4-5-9-18(17)15-32-22-23(28-25(32)31-13-7-10-19(27)16-31)29-26(30(2)24(22)33)35-21-12-6-11-20(14-21)34-3/h4-6,8-9,11-12,14,19H,7,10,13,15-16,27H2,1-3H3/t19-/m1/s1. The lowest BCUT2D eigenvalue weighted by atomic mass is 10.1. The molecule has 35 heavy (non-hydrogen) atoms. The number of hydrogen-bond acceptors (Lipinski definition) is 7. The molecule has 2 aromatic heterocycles. The van der Waals surface area contributed by atoms with Crippen LogP contribution in [0.15, 0.2) is 53.3 Å². The lowest BCUT2D eigenvalue weighted by Gasteiger charge is -2.32. The number of methoxy groups -OCH3 is 1. The van der Waals surface area contributed by atoms with E-state index < -0.39 is 0 Å². The van der Waals surface area contributed by atoms with Gasteiger partial charge in [0.25, 0.3) is 5.56 Å². The second kappa shape index (κ2) is 9.42. The number of aromatic nitrogens is 4. The number of anilines is 1. The number of imidazole rings is 1. The Hall–Kier alpha value is -3.85. The van der Waals surface area contributed by atoms with Gasteiger partial charge in [-0.3, -0.25) is 13.9 Å². The first-order valence-electron chi connectivity index (χ1n) is 11.8. The fourth-order valence-corrected chi connectivity index (χ4v) is 4.53. The van der Waals surface area contributed by atoms with Crippen molar-refractivity contribution in [2.75, 3.05) is 25.1 Å². The van der Waals surface area contributed by atoms with Gasteiger partial charge in [-0.25, -0.2) is 0 Å². The molecule has 1 aliphatic rings. The summed E-state index contributed by atoms with van der Waals surface area (Å²) in [5.74, 6) is 1.88. The van der Waals surface area contributed by atoms with Gasteiger partial charge in [0.15, 0.2) is 11.2 Å². The van der Waals surface area contributed by atoms with Crippen LogP contribution in [-0.2, 0) is 13.6 Å². The van der Waals surface area contributed by atoms with Gasteiger partial charge >= 0.3 is 6.01 Å². The Morgan fingerprint density at radius 1 is 1.11 bits per heavy atom. The van der Waals surface area contributed by atoms with Crippen LogP contribution in [0.1, 0.15) is 24.0 Å². The van der Waals surface area contributed by atoms with Crippen molar-refractivity contribution in [3.63, 3.8) is 0 Å². The molecule has 1 fully saturated rings. The van der Waals surface area contributed by atoms with Crippen LogP contribution in [0.2, 0.25) is 0 Å². The Kier molecular flexibility index (Phi) is 6.17. The van der Waals surface area contributed by atoms with E-state index in [0.29, 0.717) is 41.7 Å². The Morgan fingerprint density at radius 2 is 1.91 bits per heavy atom. The van der Waals surface area contributed by atoms with Crippen molar-refractivity contribution < 1.29 is 9.47 Å².